The first-order valence-electron chi connectivity index (χ1n) is 6.39. The van der Waals surface area contributed by atoms with Gasteiger partial charge in [0.25, 0.3) is 0 Å². The molecule has 0 bridgehead atoms. The smallest absolute Gasteiger partial charge is 0.406 e. The number of halogens is 3. The van der Waals surface area contributed by atoms with Crippen LogP contribution in [0.25, 0.3) is 0 Å². The number of benzene rings is 1. The Balaban J connectivity index is 1.81. The Morgan fingerprint density at radius 2 is 1.86 bits per heavy atom. The number of carbonyl (C=O) groups is 1. The van der Waals surface area contributed by atoms with E-state index in [-0.39, 0.29) is 18.2 Å². The first-order valence-corrected chi connectivity index (χ1v) is 6.39. The van der Waals surface area contributed by atoms with Gasteiger partial charge in [-0.1, -0.05) is 0 Å². The summed E-state index contributed by atoms with van der Waals surface area (Å²) < 4.78 is 44.9. The van der Waals surface area contributed by atoms with E-state index in [1.165, 1.54) is 24.3 Å². The number of hydrogen-bond donors (Lipinski definition) is 1. The van der Waals surface area contributed by atoms with E-state index >= 15 is 0 Å². The summed E-state index contributed by atoms with van der Waals surface area (Å²) in [5.41, 5.74) is 0.547. The molecular formula is C13H15F3N2O3. The minimum absolute atomic E-state index is 0.0751. The summed E-state index contributed by atoms with van der Waals surface area (Å²) in [5, 5.41) is 2.86. The van der Waals surface area contributed by atoms with Crippen molar-refractivity contribution in [2.24, 2.45) is 0 Å². The largest absolute Gasteiger partial charge is 0.573 e. The highest BCUT2D eigenvalue weighted by molar-refractivity contribution is 5.81. The predicted octanol–water partition coefficient (Wildman–Crippen LogP) is 1.86. The zero-order valence-electron chi connectivity index (χ0n) is 11.2. The molecule has 1 aliphatic heterocycles. The highest BCUT2D eigenvalue weighted by Gasteiger charge is 2.30. The average molecular weight is 304 g/mol. The molecule has 0 spiro atoms. The maximum atomic E-state index is 12.0. The SMILES string of the molecule is O=C(CNc1ccc(OC(F)(F)F)cc1)N1CCOCC1. The Labute approximate surface area is 119 Å². The van der Waals surface area contributed by atoms with Crippen LogP contribution in [0.2, 0.25) is 0 Å². The third-order valence-corrected chi connectivity index (χ3v) is 2.90. The summed E-state index contributed by atoms with van der Waals surface area (Å²) in [6, 6.07) is 5.23. The van der Waals surface area contributed by atoms with Crippen LogP contribution in [0, 0.1) is 0 Å². The number of carbonyl (C=O) groups excluding carboxylic acids is 1. The van der Waals surface area contributed by atoms with Crippen molar-refractivity contribution in [3.05, 3.63) is 24.3 Å². The Bertz CT molecular complexity index is 471. The molecule has 2 rings (SSSR count). The summed E-state index contributed by atoms with van der Waals surface area (Å²) >= 11 is 0. The van der Waals surface area contributed by atoms with Crippen LogP contribution in [0.3, 0.4) is 0 Å². The number of nitrogens with zero attached hydrogens (tertiary/aromatic N) is 1. The second kappa shape index (κ2) is 6.66. The van der Waals surface area contributed by atoms with Gasteiger partial charge in [-0.25, -0.2) is 0 Å². The molecule has 1 N–H and O–H groups in total. The Hall–Kier alpha value is -1.96. The van der Waals surface area contributed by atoms with Gasteiger partial charge in [0.15, 0.2) is 0 Å². The molecule has 8 heteroatoms. The summed E-state index contributed by atoms with van der Waals surface area (Å²) in [6.45, 7) is 2.24. The molecule has 1 amide bonds. The third kappa shape index (κ3) is 5.14. The summed E-state index contributed by atoms with van der Waals surface area (Å²) in [6.07, 6.45) is -4.71. The lowest BCUT2D eigenvalue weighted by Gasteiger charge is -2.27. The summed E-state index contributed by atoms with van der Waals surface area (Å²) in [4.78, 5) is 13.5. The molecule has 21 heavy (non-hydrogen) atoms. The number of ether oxygens (including phenoxy) is 2. The van der Waals surface area contributed by atoms with Crippen molar-refractivity contribution in [2.75, 3.05) is 38.2 Å². The number of morpholine rings is 1. The molecule has 0 aromatic heterocycles. The van der Waals surface area contributed by atoms with E-state index in [0.717, 1.165) is 0 Å². The van der Waals surface area contributed by atoms with Gasteiger partial charge >= 0.3 is 6.36 Å². The molecule has 1 aliphatic rings. The maximum absolute atomic E-state index is 12.0. The number of nitrogens with one attached hydrogen (secondary N) is 1. The summed E-state index contributed by atoms with van der Waals surface area (Å²) in [7, 11) is 0. The van der Waals surface area contributed by atoms with Gasteiger partial charge < -0.3 is 19.7 Å². The van der Waals surface area contributed by atoms with E-state index < -0.39 is 6.36 Å². The highest BCUT2D eigenvalue weighted by Crippen LogP contribution is 2.23. The van der Waals surface area contributed by atoms with Crippen LogP contribution in [0.5, 0.6) is 5.75 Å². The zero-order chi connectivity index (χ0) is 15.3. The molecule has 0 aliphatic carbocycles. The van der Waals surface area contributed by atoms with Crippen LogP contribution in [-0.4, -0.2) is 50.0 Å². The molecular weight excluding hydrogens is 289 g/mol. The standard InChI is InChI=1S/C13H15F3N2O3/c14-13(15,16)21-11-3-1-10(2-4-11)17-9-12(19)18-5-7-20-8-6-18/h1-4,17H,5-9H2. The Kier molecular flexibility index (Phi) is 4.89. The monoisotopic (exact) mass is 304 g/mol. The molecule has 1 aromatic carbocycles. The number of anilines is 1. The lowest BCUT2D eigenvalue weighted by Crippen LogP contribution is -2.43. The Morgan fingerprint density at radius 1 is 1.24 bits per heavy atom. The van der Waals surface area contributed by atoms with Gasteiger partial charge in [-0.2, -0.15) is 0 Å². The number of rotatable bonds is 4. The fourth-order valence-corrected chi connectivity index (χ4v) is 1.88. The molecule has 116 valence electrons. The maximum Gasteiger partial charge on any atom is 0.573 e. The van der Waals surface area contributed by atoms with Crippen LogP contribution in [0.4, 0.5) is 18.9 Å². The van der Waals surface area contributed by atoms with Crippen molar-refractivity contribution >= 4 is 11.6 Å². The highest BCUT2D eigenvalue weighted by atomic mass is 19.4. The van der Waals surface area contributed by atoms with E-state index in [1.54, 1.807) is 4.90 Å². The average Bonchev–Trinajstić information content (AvgIpc) is 2.45. The number of alkyl halides is 3. The van der Waals surface area contributed by atoms with Crippen molar-refractivity contribution in [1.29, 1.82) is 0 Å². The molecule has 1 fully saturated rings. The summed E-state index contributed by atoms with van der Waals surface area (Å²) in [5.74, 6) is -0.374. The molecule has 1 aromatic rings. The predicted molar refractivity (Wildman–Crippen MR) is 69.0 cm³/mol. The van der Waals surface area contributed by atoms with Crippen molar-refractivity contribution in [2.45, 2.75) is 6.36 Å². The molecule has 0 atom stereocenters. The van der Waals surface area contributed by atoms with Crippen LogP contribution in [0.1, 0.15) is 0 Å². The fraction of sp³-hybridized carbons (Fsp3) is 0.462. The third-order valence-electron chi connectivity index (χ3n) is 2.90. The quantitative estimate of drug-likeness (QED) is 0.922. The number of hydrogen-bond acceptors (Lipinski definition) is 4. The van der Waals surface area contributed by atoms with Crippen molar-refractivity contribution in [3.63, 3.8) is 0 Å². The first kappa shape index (κ1) is 15.4. The van der Waals surface area contributed by atoms with Crippen LogP contribution in [-0.2, 0) is 9.53 Å². The molecule has 0 radical (unpaired) electrons. The molecule has 1 saturated heterocycles. The van der Waals surface area contributed by atoms with Crippen molar-refractivity contribution < 1.29 is 27.4 Å². The van der Waals surface area contributed by atoms with Crippen LogP contribution >= 0.6 is 0 Å². The molecule has 0 saturated carbocycles. The van der Waals surface area contributed by atoms with E-state index in [1.807, 2.05) is 0 Å². The zero-order valence-corrected chi connectivity index (χ0v) is 11.2. The van der Waals surface area contributed by atoms with E-state index in [2.05, 4.69) is 10.1 Å². The van der Waals surface area contributed by atoms with E-state index in [0.29, 0.717) is 32.0 Å². The molecule has 1 heterocycles. The van der Waals surface area contributed by atoms with Gasteiger partial charge in [-0.15, -0.1) is 13.2 Å². The van der Waals surface area contributed by atoms with E-state index in [4.69, 9.17) is 4.74 Å². The normalized spacial score (nSPS) is 15.7. The second-order valence-electron chi connectivity index (χ2n) is 4.42. The van der Waals surface area contributed by atoms with Gasteiger partial charge in [0, 0.05) is 18.8 Å². The van der Waals surface area contributed by atoms with Gasteiger partial charge in [0.2, 0.25) is 5.91 Å². The minimum atomic E-state index is -4.71. The topological polar surface area (TPSA) is 50.8 Å². The first-order chi connectivity index (χ1) is 9.94. The van der Waals surface area contributed by atoms with Crippen LogP contribution < -0.4 is 10.1 Å². The van der Waals surface area contributed by atoms with Gasteiger partial charge in [-0.05, 0) is 24.3 Å². The van der Waals surface area contributed by atoms with Crippen LogP contribution in [0.15, 0.2) is 24.3 Å². The van der Waals surface area contributed by atoms with E-state index in [9.17, 15) is 18.0 Å². The van der Waals surface area contributed by atoms with Gasteiger partial charge in [-0.3, -0.25) is 4.79 Å². The van der Waals surface area contributed by atoms with Crippen molar-refractivity contribution in [3.8, 4) is 5.75 Å². The lowest BCUT2D eigenvalue weighted by molar-refractivity contribution is -0.274. The number of amides is 1. The van der Waals surface area contributed by atoms with Gasteiger partial charge in [0.1, 0.15) is 5.75 Å². The van der Waals surface area contributed by atoms with Crippen molar-refractivity contribution in [1.82, 2.24) is 4.90 Å². The molecule has 0 unspecified atom stereocenters. The second-order valence-corrected chi connectivity index (χ2v) is 4.42. The minimum Gasteiger partial charge on any atom is -0.406 e. The Morgan fingerprint density at radius 3 is 2.43 bits per heavy atom. The molecule has 5 nitrogen and oxygen atoms in total. The van der Waals surface area contributed by atoms with Gasteiger partial charge in [0.05, 0.1) is 19.8 Å². The lowest BCUT2D eigenvalue weighted by atomic mass is 10.3. The fourth-order valence-electron chi connectivity index (χ4n) is 1.88.